The summed E-state index contributed by atoms with van der Waals surface area (Å²) >= 11 is 6.83. The van der Waals surface area contributed by atoms with Crippen molar-refractivity contribution in [3.8, 4) is 0 Å². The maximum absolute atomic E-state index is 13.2. The van der Waals surface area contributed by atoms with Crippen LogP contribution in [0.15, 0.2) is 12.2 Å². The van der Waals surface area contributed by atoms with Crippen LogP contribution in [0.25, 0.3) is 0 Å². The molecule has 3 heterocycles. The molecule has 0 aromatic rings. The molecule has 14 nitrogen and oxygen atoms in total. The molecule has 1 saturated carbocycles. The predicted molar refractivity (Wildman–Crippen MR) is 141 cm³/mol. The number of carbonyl (C=O) groups excluding carboxylic acids is 5. The fraction of sp³-hybridized carbons (Fsp3) is 0.714. The van der Waals surface area contributed by atoms with Crippen molar-refractivity contribution in [2.75, 3.05) is 0 Å². The number of hydrogen-bond acceptors (Lipinski definition) is 13. The van der Waals surface area contributed by atoms with Gasteiger partial charge in [-0.2, -0.15) is 0 Å². The van der Waals surface area contributed by atoms with Crippen LogP contribution < -0.4 is 0 Å². The highest BCUT2D eigenvalue weighted by atomic mass is 35.5. The average Bonchev–Trinajstić information content (AvgIpc) is 3.14. The van der Waals surface area contributed by atoms with Gasteiger partial charge in [-0.25, -0.2) is 4.79 Å². The fourth-order valence-electron chi connectivity index (χ4n) is 7.50. The minimum Gasteiger partial charge on any atom is -0.479 e. The minimum absolute atomic E-state index is 0.0459. The number of carboxylic acid groups (broad SMARTS) is 1. The second-order valence-corrected chi connectivity index (χ2v) is 12.3. The van der Waals surface area contributed by atoms with E-state index in [2.05, 4.69) is 6.58 Å². The minimum atomic E-state index is -2.78. The molecule has 15 heteroatoms. The molecule has 2 bridgehead atoms. The van der Waals surface area contributed by atoms with Crippen LogP contribution in [-0.4, -0.2) is 99.2 Å². The van der Waals surface area contributed by atoms with Gasteiger partial charge in [0.1, 0.15) is 18.3 Å². The quantitative estimate of drug-likeness (QED) is 0.187. The van der Waals surface area contributed by atoms with E-state index in [4.69, 9.17) is 40.0 Å². The van der Waals surface area contributed by atoms with Crippen LogP contribution in [0, 0.1) is 17.3 Å². The van der Waals surface area contributed by atoms with Crippen molar-refractivity contribution in [3.63, 3.8) is 0 Å². The molecule has 4 aliphatic rings. The Balaban J connectivity index is 2.20. The summed E-state index contributed by atoms with van der Waals surface area (Å²) in [6.45, 7) is 11.0. The van der Waals surface area contributed by atoms with E-state index in [9.17, 15) is 39.0 Å². The van der Waals surface area contributed by atoms with Crippen LogP contribution in [-0.2, 0) is 57.2 Å². The lowest BCUT2D eigenvalue weighted by Gasteiger charge is -2.63. The molecular formula is C28H35ClO14. The standard InChI is InChI=1S/C28H35ClO14/c1-10-17(29)21-28(11(2)24(34)42-21)23(41-15(6)33)20-26(7,16(38-12(3)30)8-9-27(20,37)25(35)36)22(40-14(5)32)19(18(10)43-28)39-13(4)31/h11,16-23,37H,1,8-9H2,2-7H3,(H,35,36)/t11-,16-,17-,18+,19+,20+,21-,22-,23+,26-,27+,28-/m0/s1. The summed E-state index contributed by atoms with van der Waals surface area (Å²) in [7, 11) is 0. The largest absolute Gasteiger partial charge is 0.479 e. The average molecular weight is 631 g/mol. The van der Waals surface area contributed by atoms with Gasteiger partial charge in [-0.15, -0.1) is 11.6 Å². The summed E-state index contributed by atoms with van der Waals surface area (Å²) in [6, 6.07) is 0. The smallest absolute Gasteiger partial charge is 0.336 e. The molecular weight excluding hydrogens is 596 g/mol. The van der Waals surface area contributed by atoms with Crippen molar-refractivity contribution < 1.29 is 67.4 Å². The van der Waals surface area contributed by atoms with Crippen molar-refractivity contribution in [3.05, 3.63) is 12.2 Å². The number of carboxylic acids is 1. The summed E-state index contributed by atoms with van der Waals surface area (Å²) in [4.78, 5) is 76.5. The summed E-state index contributed by atoms with van der Waals surface area (Å²) in [5, 5.41) is 21.3. The first kappa shape index (κ1) is 32.7. The monoisotopic (exact) mass is 630 g/mol. The molecule has 1 aliphatic carbocycles. The van der Waals surface area contributed by atoms with E-state index in [0.29, 0.717) is 0 Å². The Hall–Kier alpha value is -3.23. The highest BCUT2D eigenvalue weighted by Crippen LogP contribution is 2.62. The van der Waals surface area contributed by atoms with Gasteiger partial charge in [0, 0.05) is 27.7 Å². The van der Waals surface area contributed by atoms with Gasteiger partial charge in [0.2, 0.25) is 0 Å². The van der Waals surface area contributed by atoms with Crippen LogP contribution in [0.5, 0.6) is 0 Å². The zero-order valence-electron chi connectivity index (χ0n) is 24.5. The van der Waals surface area contributed by atoms with E-state index in [0.717, 1.165) is 27.7 Å². The van der Waals surface area contributed by atoms with E-state index in [1.807, 2.05) is 0 Å². The molecule has 3 aliphatic heterocycles. The van der Waals surface area contributed by atoms with Gasteiger partial charge in [-0.05, 0) is 25.3 Å². The van der Waals surface area contributed by atoms with E-state index in [-0.39, 0.29) is 12.0 Å². The molecule has 1 spiro atoms. The highest BCUT2D eigenvalue weighted by Gasteiger charge is 2.79. The maximum Gasteiger partial charge on any atom is 0.336 e. The number of halogens is 1. The summed E-state index contributed by atoms with van der Waals surface area (Å²) in [5.74, 6) is -9.27. The Labute approximate surface area is 251 Å². The summed E-state index contributed by atoms with van der Waals surface area (Å²) < 4.78 is 35.1. The van der Waals surface area contributed by atoms with Gasteiger partial charge in [-0.1, -0.05) is 13.5 Å². The lowest BCUT2D eigenvalue weighted by molar-refractivity contribution is -0.322. The van der Waals surface area contributed by atoms with Crippen molar-refractivity contribution in [2.24, 2.45) is 17.3 Å². The number of hydrogen-bond donors (Lipinski definition) is 2. The zero-order valence-corrected chi connectivity index (χ0v) is 25.2. The molecule has 43 heavy (non-hydrogen) atoms. The van der Waals surface area contributed by atoms with Gasteiger partial charge >= 0.3 is 35.8 Å². The molecule has 0 amide bonds. The number of aliphatic carboxylic acids is 1. The first-order valence-electron chi connectivity index (χ1n) is 13.7. The number of aliphatic hydroxyl groups is 1. The maximum atomic E-state index is 13.2. The van der Waals surface area contributed by atoms with Crippen LogP contribution >= 0.6 is 11.6 Å². The zero-order chi connectivity index (χ0) is 32.4. The van der Waals surface area contributed by atoms with Gasteiger partial charge in [0.05, 0.1) is 22.6 Å². The molecule has 4 fully saturated rings. The lowest BCUT2D eigenvalue weighted by atomic mass is 9.50. The number of rotatable bonds is 5. The molecule has 2 N–H and O–H groups in total. The number of ether oxygens (including phenoxy) is 6. The molecule has 0 aromatic carbocycles. The Bertz CT molecular complexity index is 1270. The Morgan fingerprint density at radius 1 is 0.953 bits per heavy atom. The predicted octanol–water partition coefficient (Wildman–Crippen LogP) is 0.822. The van der Waals surface area contributed by atoms with Crippen molar-refractivity contribution in [1.82, 2.24) is 0 Å². The van der Waals surface area contributed by atoms with Gasteiger partial charge in [-0.3, -0.25) is 24.0 Å². The Morgan fingerprint density at radius 3 is 2.00 bits per heavy atom. The number of alkyl halides is 1. The van der Waals surface area contributed by atoms with Crippen molar-refractivity contribution in [1.29, 1.82) is 0 Å². The summed E-state index contributed by atoms with van der Waals surface area (Å²) in [6.07, 6.45) is -10.2. The van der Waals surface area contributed by atoms with Gasteiger partial charge in [0.25, 0.3) is 0 Å². The molecule has 238 valence electrons. The van der Waals surface area contributed by atoms with Crippen LogP contribution in [0.1, 0.15) is 54.4 Å². The number of fused-ring (bicyclic) bond motifs is 2. The molecule has 0 aromatic heterocycles. The van der Waals surface area contributed by atoms with E-state index >= 15 is 0 Å². The van der Waals surface area contributed by atoms with E-state index in [1.165, 1.54) is 13.8 Å². The molecule has 4 rings (SSSR count). The molecule has 3 saturated heterocycles. The Kier molecular flexibility index (Phi) is 8.39. The third-order valence-electron chi connectivity index (χ3n) is 9.22. The van der Waals surface area contributed by atoms with Gasteiger partial charge in [0.15, 0.2) is 29.5 Å². The molecule has 0 unspecified atom stereocenters. The fourth-order valence-corrected chi connectivity index (χ4v) is 7.88. The van der Waals surface area contributed by atoms with Crippen molar-refractivity contribution >= 4 is 47.4 Å². The van der Waals surface area contributed by atoms with E-state index in [1.54, 1.807) is 0 Å². The number of esters is 5. The molecule has 0 radical (unpaired) electrons. The van der Waals surface area contributed by atoms with Crippen LogP contribution in [0.3, 0.4) is 0 Å². The highest BCUT2D eigenvalue weighted by molar-refractivity contribution is 6.23. The van der Waals surface area contributed by atoms with Crippen LogP contribution in [0.4, 0.5) is 0 Å². The van der Waals surface area contributed by atoms with E-state index < -0.39 is 113 Å². The summed E-state index contributed by atoms with van der Waals surface area (Å²) in [5.41, 5.74) is -6.81. The SMILES string of the molecule is C=C1[C@H]2O[C@@]3([C@H](OC(C)=O)[C@@H]4[C@](C)([C@@H](OC(C)=O)CC[C@]4(O)C(=O)O)[C@@H](OC(C)=O)[C@@H]2OC(C)=O)[C@@H](C)C(=O)O[C@H]3[C@H]1Cl. The molecule has 12 atom stereocenters. The van der Waals surface area contributed by atoms with Gasteiger partial charge < -0.3 is 38.6 Å². The van der Waals surface area contributed by atoms with Crippen LogP contribution in [0.2, 0.25) is 0 Å². The lowest BCUT2D eigenvalue weighted by Crippen LogP contribution is -2.79. The number of carbonyl (C=O) groups is 6. The third kappa shape index (κ3) is 4.87. The normalized spacial score (nSPS) is 43.5. The first-order valence-corrected chi connectivity index (χ1v) is 14.1. The topological polar surface area (TPSA) is 198 Å². The first-order chi connectivity index (χ1) is 19.8. The van der Waals surface area contributed by atoms with Crippen molar-refractivity contribution in [2.45, 2.75) is 108 Å². The second-order valence-electron chi connectivity index (χ2n) is 11.8. The Morgan fingerprint density at radius 2 is 1.49 bits per heavy atom. The third-order valence-corrected chi connectivity index (χ3v) is 9.73. The second kappa shape index (κ2) is 11.0.